The summed E-state index contributed by atoms with van der Waals surface area (Å²) in [5, 5.41) is 2.17. The highest BCUT2D eigenvalue weighted by molar-refractivity contribution is 9.10. The van der Waals surface area contributed by atoms with E-state index in [1.54, 1.807) is 7.11 Å². The van der Waals surface area contributed by atoms with Crippen LogP contribution in [0.2, 0.25) is 0 Å². The fraction of sp³-hybridized carbons (Fsp3) is 0.111. The number of fused-ring (bicyclic) bond motifs is 1. The van der Waals surface area contributed by atoms with Gasteiger partial charge in [0.1, 0.15) is 5.75 Å². The van der Waals surface area contributed by atoms with Crippen molar-refractivity contribution in [2.45, 2.75) is 5.38 Å². The van der Waals surface area contributed by atoms with Gasteiger partial charge in [-0.2, -0.15) is 0 Å². The summed E-state index contributed by atoms with van der Waals surface area (Å²) in [4.78, 5) is 0. The third kappa shape index (κ3) is 2.78. The summed E-state index contributed by atoms with van der Waals surface area (Å²) in [5.41, 5.74) is 2.15. The first-order valence-electron chi connectivity index (χ1n) is 6.66. The molecule has 0 saturated heterocycles. The van der Waals surface area contributed by atoms with Gasteiger partial charge in [-0.3, -0.25) is 0 Å². The van der Waals surface area contributed by atoms with Gasteiger partial charge in [-0.1, -0.05) is 64.5 Å². The average molecular weight is 362 g/mol. The van der Waals surface area contributed by atoms with Crippen molar-refractivity contribution in [3.63, 3.8) is 0 Å². The van der Waals surface area contributed by atoms with Crippen molar-refractivity contribution in [2.24, 2.45) is 0 Å². The predicted molar refractivity (Wildman–Crippen MR) is 92.3 cm³/mol. The molecule has 0 aromatic heterocycles. The maximum Gasteiger partial charge on any atom is 0.120 e. The Balaban J connectivity index is 2.10. The molecule has 0 aliphatic heterocycles. The van der Waals surface area contributed by atoms with Gasteiger partial charge in [-0.25, -0.2) is 0 Å². The van der Waals surface area contributed by atoms with Gasteiger partial charge in [0.2, 0.25) is 0 Å². The summed E-state index contributed by atoms with van der Waals surface area (Å²) in [6.07, 6.45) is 0. The number of ether oxygens (including phenoxy) is 1. The first-order chi connectivity index (χ1) is 10.2. The Morgan fingerprint density at radius 1 is 0.952 bits per heavy atom. The molecule has 3 rings (SSSR count). The lowest BCUT2D eigenvalue weighted by Crippen LogP contribution is -1.96. The zero-order valence-corrected chi connectivity index (χ0v) is 13.9. The maximum atomic E-state index is 6.74. The van der Waals surface area contributed by atoms with Gasteiger partial charge in [0.05, 0.1) is 12.5 Å². The molecule has 0 spiro atoms. The molecule has 0 aliphatic rings. The molecule has 106 valence electrons. The van der Waals surface area contributed by atoms with Crippen LogP contribution in [0.3, 0.4) is 0 Å². The molecule has 0 aliphatic carbocycles. The number of hydrogen-bond acceptors (Lipinski definition) is 1. The standard InChI is InChI=1S/C18H14BrClO/c1-21-13-9-10-16(17(19)11-13)18(20)15-8-4-6-12-5-2-3-7-14(12)15/h2-11,18H,1H3. The van der Waals surface area contributed by atoms with Gasteiger partial charge in [0.25, 0.3) is 0 Å². The average Bonchev–Trinajstić information content (AvgIpc) is 2.53. The Morgan fingerprint density at radius 2 is 1.71 bits per heavy atom. The van der Waals surface area contributed by atoms with E-state index < -0.39 is 0 Å². The molecule has 0 bridgehead atoms. The van der Waals surface area contributed by atoms with E-state index in [-0.39, 0.29) is 5.38 Å². The van der Waals surface area contributed by atoms with Gasteiger partial charge in [0.15, 0.2) is 0 Å². The Kier molecular flexibility index (Phi) is 4.18. The predicted octanol–water partition coefficient (Wildman–Crippen LogP) is 5.94. The highest BCUT2D eigenvalue weighted by Crippen LogP contribution is 2.38. The van der Waals surface area contributed by atoms with Gasteiger partial charge in [-0.05, 0) is 34.0 Å². The minimum absolute atomic E-state index is 0.212. The van der Waals surface area contributed by atoms with Crippen LogP contribution in [0.25, 0.3) is 10.8 Å². The lowest BCUT2D eigenvalue weighted by Gasteiger charge is -2.15. The topological polar surface area (TPSA) is 9.23 Å². The number of halogens is 2. The van der Waals surface area contributed by atoms with Gasteiger partial charge in [0, 0.05) is 4.47 Å². The summed E-state index contributed by atoms with van der Waals surface area (Å²) < 4.78 is 6.19. The quantitative estimate of drug-likeness (QED) is 0.525. The second-order valence-corrected chi connectivity index (χ2v) is 6.11. The number of alkyl halides is 1. The molecule has 1 nitrogen and oxygen atoms in total. The molecule has 3 aromatic carbocycles. The highest BCUT2D eigenvalue weighted by atomic mass is 79.9. The van der Waals surface area contributed by atoms with E-state index in [0.717, 1.165) is 21.3 Å². The molecule has 0 amide bonds. The first kappa shape index (κ1) is 14.4. The van der Waals surface area contributed by atoms with Crippen molar-refractivity contribution < 1.29 is 4.74 Å². The van der Waals surface area contributed by atoms with E-state index in [4.69, 9.17) is 16.3 Å². The molecular formula is C18H14BrClO. The molecule has 3 aromatic rings. The fourth-order valence-electron chi connectivity index (χ4n) is 2.48. The number of rotatable bonds is 3. The maximum absolute atomic E-state index is 6.74. The molecule has 0 heterocycles. The van der Waals surface area contributed by atoms with Crippen molar-refractivity contribution in [3.05, 3.63) is 76.3 Å². The largest absolute Gasteiger partial charge is 0.497 e. The van der Waals surface area contributed by atoms with Crippen LogP contribution in [0.1, 0.15) is 16.5 Å². The lowest BCUT2D eigenvalue weighted by molar-refractivity contribution is 0.414. The van der Waals surface area contributed by atoms with Crippen LogP contribution in [-0.2, 0) is 0 Å². The van der Waals surface area contributed by atoms with Crippen LogP contribution in [0.5, 0.6) is 5.75 Å². The summed E-state index contributed by atoms with van der Waals surface area (Å²) in [5.74, 6) is 0.812. The summed E-state index contributed by atoms with van der Waals surface area (Å²) >= 11 is 10.3. The van der Waals surface area contributed by atoms with Crippen molar-refractivity contribution in [1.29, 1.82) is 0 Å². The van der Waals surface area contributed by atoms with E-state index in [0.29, 0.717) is 0 Å². The van der Waals surface area contributed by atoms with Gasteiger partial charge >= 0.3 is 0 Å². The van der Waals surface area contributed by atoms with E-state index in [1.807, 2.05) is 36.4 Å². The van der Waals surface area contributed by atoms with Crippen LogP contribution < -0.4 is 4.74 Å². The molecule has 3 heteroatoms. The Hall–Kier alpha value is -1.51. The van der Waals surface area contributed by atoms with Crippen molar-refractivity contribution in [3.8, 4) is 5.75 Å². The first-order valence-corrected chi connectivity index (χ1v) is 7.89. The second kappa shape index (κ2) is 6.08. The van der Waals surface area contributed by atoms with E-state index in [9.17, 15) is 0 Å². The van der Waals surface area contributed by atoms with E-state index in [1.165, 1.54) is 10.8 Å². The Bertz CT molecular complexity index is 780. The highest BCUT2D eigenvalue weighted by Gasteiger charge is 2.16. The minimum Gasteiger partial charge on any atom is -0.497 e. The van der Waals surface area contributed by atoms with Crippen LogP contribution in [0.4, 0.5) is 0 Å². The molecule has 21 heavy (non-hydrogen) atoms. The van der Waals surface area contributed by atoms with Crippen LogP contribution in [-0.4, -0.2) is 7.11 Å². The van der Waals surface area contributed by atoms with E-state index >= 15 is 0 Å². The molecule has 0 radical (unpaired) electrons. The van der Waals surface area contributed by atoms with Gasteiger partial charge in [-0.15, -0.1) is 11.6 Å². The molecular weight excluding hydrogens is 348 g/mol. The van der Waals surface area contributed by atoms with Crippen molar-refractivity contribution in [2.75, 3.05) is 7.11 Å². The minimum atomic E-state index is -0.212. The normalized spacial score (nSPS) is 12.3. The Labute approximate surface area is 137 Å². The van der Waals surface area contributed by atoms with Crippen LogP contribution in [0.15, 0.2) is 65.1 Å². The fourth-order valence-corrected chi connectivity index (χ4v) is 3.58. The van der Waals surface area contributed by atoms with Crippen LogP contribution in [0, 0.1) is 0 Å². The number of methoxy groups -OCH3 is 1. The third-order valence-electron chi connectivity index (χ3n) is 3.58. The lowest BCUT2D eigenvalue weighted by atomic mass is 9.98. The summed E-state index contributed by atoms with van der Waals surface area (Å²) in [6, 6.07) is 20.4. The number of hydrogen-bond donors (Lipinski definition) is 0. The molecule has 1 atom stereocenters. The number of benzene rings is 3. The van der Waals surface area contributed by atoms with Gasteiger partial charge < -0.3 is 4.74 Å². The third-order valence-corrected chi connectivity index (χ3v) is 4.73. The molecule has 1 unspecified atom stereocenters. The SMILES string of the molecule is COc1ccc(C(Cl)c2cccc3ccccc23)c(Br)c1. The smallest absolute Gasteiger partial charge is 0.120 e. The summed E-state index contributed by atoms with van der Waals surface area (Å²) in [7, 11) is 1.66. The Morgan fingerprint density at radius 3 is 2.48 bits per heavy atom. The zero-order valence-electron chi connectivity index (χ0n) is 11.5. The molecule has 0 fully saturated rings. The monoisotopic (exact) mass is 360 g/mol. The van der Waals surface area contributed by atoms with Crippen molar-refractivity contribution >= 4 is 38.3 Å². The summed E-state index contributed by atoms with van der Waals surface area (Å²) in [6.45, 7) is 0. The molecule has 0 saturated carbocycles. The van der Waals surface area contributed by atoms with Crippen molar-refractivity contribution in [1.82, 2.24) is 0 Å². The van der Waals surface area contributed by atoms with Crippen LogP contribution >= 0.6 is 27.5 Å². The second-order valence-electron chi connectivity index (χ2n) is 4.82. The van der Waals surface area contributed by atoms with E-state index in [2.05, 4.69) is 40.2 Å². The zero-order chi connectivity index (χ0) is 14.8. The molecule has 0 N–H and O–H groups in total.